The molecule has 0 aliphatic carbocycles. The van der Waals surface area contributed by atoms with Gasteiger partial charge in [-0.05, 0) is 19.1 Å². The lowest BCUT2D eigenvalue weighted by atomic mass is 10.3. The van der Waals surface area contributed by atoms with Crippen molar-refractivity contribution in [2.75, 3.05) is 20.8 Å². The van der Waals surface area contributed by atoms with E-state index in [9.17, 15) is 4.79 Å². The molecule has 0 aliphatic heterocycles. The van der Waals surface area contributed by atoms with Crippen LogP contribution in [-0.2, 0) is 4.79 Å². The Kier molecular flexibility index (Phi) is 4.64. The number of hydrogen-bond acceptors (Lipinski definition) is 4. The summed E-state index contributed by atoms with van der Waals surface area (Å²) in [4.78, 5) is 10.8. The number of Topliss-reactive ketones (excluding diaryl/α,β-unsaturated/α-hetero) is 1. The van der Waals surface area contributed by atoms with Crippen LogP contribution in [0, 0.1) is 0 Å². The zero-order valence-corrected chi connectivity index (χ0v) is 9.78. The minimum atomic E-state index is 0.0989. The fourth-order valence-corrected chi connectivity index (χ4v) is 1.28. The number of methoxy groups -OCH3 is 2. The van der Waals surface area contributed by atoms with E-state index in [2.05, 4.69) is 0 Å². The van der Waals surface area contributed by atoms with E-state index in [-0.39, 0.29) is 5.78 Å². The molecule has 0 N–H and O–H groups in total. The first kappa shape index (κ1) is 12.4. The SMILES string of the molecule is COc1cccc(OCCC(C)=O)c1OC. The third-order valence-corrected chi connectivity index (χ3v) is 2.08. The van der Waals surface area contributed by atoms with Crippen LogP contribution in [0.3, 0.4) is 0 Å². The van der Waals surface area contributed by atoms with Crippen LogP contribution in [0.4, 0.5) is 0 Å². The average molecular weight is 224 g/mol. The molecule has 0 bridgehead atoms. The Balaban J connectivity index is 2.74. The normalized spacial score (nSPS) is 9.69. The molecule has 0 saturated carbocycles. The molecule has 0 radical (unpaired) electrons. The molecule has 0 atom stereocenters. The molecule has 0 aliphatic rings. The van der Waals surface area contributed by atoms with Crippen molar-refractivity contribution in [2.24, 2.45) is 0 Å². The third-order valence-electron chi connectivity index (χ3n) is 2.08. The van der Waals surface area contributed by atoms with Gasteiger partial charge in [0.05, 0.1) is 20.8 Å². The van der Waals surface area contributed by atoms with E-state index in [1.807, 2.05) is 6.07 Å². The average Bonchev–Trinajstić information content (AvgIpc) is 2.28. The summed E-state index contributed by atoms with van der Waals surface area (Å²) in [6.07, 6.45) is 0.389. The monoisotopic (exact) mass is 224 g/mol. The molecule has 1 rings (SSSR count). The summed E-state index contributed by atoms with van der Waals surface area (Å²) >= 11 is 0. The lowest BCUT2D eigenvalue weighted by molar-refractivity contribution is -0.117. The van der Waals surface area contributed by atoms with Crippen LogP contribution < -0.4 is 14.2 Å². The lowest BCUT2D eigenvalue weighted by Crippen LogP contribution is -2.04. The van der Waals surface area contributed by atoms with Crippen LogP contribution in [0.15, 0.2) is 18.2 Å². The highest BCUT2D eigenvalue weighted by atomic mass is 16.5. The van der Waals surface area contributed by atoms with Gasteiger partial charge < -0.3 is 14.2 Å². The van der Waals surface area contributed by atoms with Crippen LogP contribution in [0.5, 0.6) is 17.2 Å². The second kappa shape index (κ2) is 6.00. The molecule has 0 aromatic heterocycles. The lowest BCUT2D eigenvalue weighted by Gasteiger charge is -2.12. The van der Waals surface area contributed by atoms with Gasteiger partial charge in [0.15, 0.2) is 11.5 Å². The zero-order valence-electron chi connectivity index (χ0n) is 9.78. The summed E-state index contributed by atoms with van der Waals surface area (Å²) in [6.45, 7) is 1.88. The first-order valence-electron chi connectivity index (χ1n) is 5.02. The van der Waals surface area contributed by atoms with Gasteiger partial charge in [0, 0.05) is 6.42 Å². The molecule has 0 saturated heterocycles. The molecular weight excluding hydrogens is 208 g/mol. The highest BCUT2D eigenvalue weighted by Crippen LogP contribution is 2.36. The van der Waals surface area contributed by atoms with Gasteiger partial charge in [-0.15, -0.1) is 0 Å². The Labute approximate surface area is 95.1 Å². The number of benzene rings is 1. The van der Waals surface area contributed by atoms with Crippen LogP contribution >= 0.6 is 0 Å². The van der Waals surface area contributed by atoms with Gasteiger partial charge in [-0.25, -0.2) is 0 Å². The molecule has 0 spiro atoms. The number of hydrogen-bond donors (Lipinski definition) is 0. The summed E-state index contributed by atoms with van der Waals surface area (Å²) in [5.41, 5.74) is 0. The van der Waals surface area contributed by atoms with Crippen molar-refractivity contribution < 1.29 is 19.0 Å². The summed E-state index contributed by atoms with van der Waals surface area (Å²) in [7, 11) is 3.12. The van der Waals surface area contributed by atoms with Gasteiger partial charge in [-0.1, -0.05) is 6.07 Å². The minimum Gasteiger partial charge on any atom is -0.493 e. The van der Waals surface area contributed by atoms with E-state index in [1.165, 1.54) is 6.92 Å². The quantitative estimate of drug-likeness (QED) is 0.742. The Bertz CT molecular complexity index is 360. The molecule has 0 fully saturated rings. The van der Waals surface area contributed by atoms with Gasteiger partial charge in [-0.3, -0.25) is 4.79 Å². The summed E-state index contributed by atoms with van der Waals surface area (Å²) in [5.74, 6) is 1.85. The van der Waals surface area contributed by atoms with Crippen LogP contribution in [0.25, 0.3) is 0 Å². The molecule has 16 heavy (non-hydrogen) atoms. The predicted octanol–water partition coefficient (Wildman–Crippen LogP) is 2.06. The van der Waals surface area contributed by atoms with Gasteiger partial charge in [-0.2, -0.15) is 0 Å². The molecule has 0 amide bonds. The topological polar surface area (TPSA) is 44.8 Å². The van der Waals surface area contributed by atoms with Crippen molar-refractivity contribution >= 4 is 5.78 Å². The molecule has 4 heteroatoms. The number of carbonyl (C=O) groups excluding carboxylic acids is 1. The third kappa shape index (κ3) is 3.15. The highest BCUT2D eigenvalue weighted by Gasteiger charge is 2.10. The molecule has 88 valence electrons. The first-order valence-corrected chi connectivity index (χ1v) is 5.02. The van der Waals surface area contributed by atoms with Gasteiger partial charge in [0.2, 0.25) is 5.75 Å². The Morgan fingerprint density at radius 2 is 1.88 bits per heavy atom. The molecule has 0 unspecified atom stereocenters. The number of para-hydroxylation sites is 1. The second-order valence-corrected chi connectivity index (χ2v) is 3.29. The second-order valence-electron chi connectivity index (χ2n) is 3.29. The van der Waals surface area contributed by atoms with Crippen molar-refractivity contribution in [2.45, 2.75) is 13.3 Å². The van der Waals surface area contributed by atoms with E-state index in [4.69, 9.17) is 14.2 Å². The summed E-state index contributed by atoms with van der Waals surface area (Å²) < 4.78 is 15.8. The number of ether oxygens (including phenoxy) is 3. The minimum absolute atomic E-state index is 0.0989. The Morgan fingerprint density at radius 1 is 1.19 bits per heavy atom. The highest BCUT2D eigenvalue weighted by molar-refractivity contribution is 5.75. The number of ketones is 1. The van der Waals surface area contributed by atoms with E-state index in [0.717, 1.165) is 0 Å². The van der Waals surface area contributed by atoms with E-state index in [0.29, 0.717) is 30.3 Å². The summed E-state index contributed by atoms with van der Waals surface area (Å²) in [5, 5.41) is 0. The maximum atomic E-state index is 10.8. The van der Waals surface area contributed by atoms with E-state index >= 15 is 0 Å². The predicted molar refractivity (Wildman–Crippen MR) is 60.3 cm³/mol. The molecular formula is C12H16O4. The fourth-order valence-electron chi connectivity index (χ4n) is 1.28. The van der Waals surface area contributed by atoms with Gasteiger partial charge in [0.25, 0.3) is 0 Å². The Morgan fingerprint density at radius 3 is 2.44 bits per heavy atom. The first-order chi connectivity index (χ1) is 7.69. The van der Waals surface area contributed by atoms with Crippen LogP contribution in [0.2, 0.25) is 0 Å². The van der Waals surface area contributed by atoms with Crippen LogP contribution in [0.1, 0.15) is 13.3 Å². The number of rotatable bonds is 6. The number of carbonyl (C=O) groups is 1. The molecule has 1 aromatic carbocycles. The van der Waals surface area contributed by atoms with E-state index < -0.39 is 0 Å². The zero-order chi connectivity index (χ0) is 12.0. The molecule has 1 aromatic rings. The van der Waals surface area contributed by atoms with Crippen molar-refractivity contribution in [3.8, 4) is 17.2 Å². The van der Waals surface area contributed by atoms with Gasteiger partial charge in [0.1, 0.15) is 5.78 Å². The smallest absolute Gasteiger partial charge is 0.203 e. The van der Waals surface area contributed by atoms with Crippen molar-refractivity contribution in [3.63, 3.8) is 0 Å². The van der Waals surface area contributed by atoms with Crippen molar-refractivity contribution in [3.05, 3.63) is 18.2 Å². The molecule has 4 nitrogen and oxygen atoms in total. The van der Waals surface area contributed by atoms with Crippen LogP contribution in [-0.4, -0.2) is 26.6 Å². The van der Waals surface area contributed by atoms with Gasteiger partial charge >= 0.3 is 0 Å². The van der Waals surface area contributed by atoms with Crippen molar-refractivity contribution in [1.82, 2.24) is 0 Å². The summed E-state index contributed by atoms with van der Waals surface area (Å²) in [6, 6.07) is 5.38. The van der Waals surface area contributed by atoms with E-state index in [1.54, 1.807) is 26.4 Å². The van der Waals surface area contributed by atoms with Crippen molar-refractivity contribution in [1.29, 1.82) is 0 Å². The maximum Gasteiger partial charge on any atom is 0.203 e. The molecule has 0 heterocycles. The standard InChI is InChI=1S/C12H16O4/c1-9(13)7-8-16-11-6-4-5-10(14-2)12(11)15-3/h4-6H,7-8H2,1-3H3. The largest absolute Gasteiger partial charge is 0.493 e. The maximum absolute atomic E-state index is 10.8. The fraction of sp³-hybridized carbons (Fsp3) is 0.417. The Hall–Kier alpha value is -1.71.